The number of sulfonamides is 2. The highest BCUT2D eigenvalue weighted by molar-refractivity contribution is 7.92. The van der Waals surface area contributed by atoms with Crippen LogP contribution in [0.25, 0.3) is 0 Å². The van der Waals surface area contributed by atoms with E-state index in [0.717, 1.165) is 24.3 Å². The Labute approximate surface area is 158 Å². The number of alkyl halides is 2. The Bertz CT molecular complexity index is 1060. The third-order valence-corrected chi connectivity index (χ3v) is 5.76. The van der Waals surface area contributed by atoms with Gasteiger partial charge in [0.1, 0.15) is 16.4 Å². The number of hydrogen-bond donors (Lipinski definition) is 2. The molecule has 0 aliphatic heterocycles. The summed E-state index contributed by atoms with van der Waals surface area (Å²) >= 11 is 5.74. The first kappa shape index (κ1) is 21.2. The number of halogens is 3. The van der Waals surface area contributed by atoms with Gasteiger partial charge in [0.15, 0.2) is 0 Å². The predicted octanol–water partition coefficient (Wildman–Crippen LogP) is 2.40. The van der Waals surface area contributed by atoms with E-state index in [1.165, 1.54) is 19.2 Å². The Hall–Kier alpha value is -2.15. The van der Waals surface area contributed by atoms with Gasteiger partial charge in [-0.2, -0.15) is 8.78 Å². The van der Waals surface area contributed by atoms with E-state index in [4.69, 9.17) is 21.5 Å². The van der Waals surface area contributed by atoms with Gasteiger partial charge in [0, 0.05) is 0 Å². The highest BCUT2D eigenvalue weighted by Gasteiger charge is 2.20. The van der Waals surface area contributed by atoms with Gasteiger partial charge in [-0.05, 0) is 36.4 Å². The normalized spacial score (nSPS) is 12.1. The molecule has 2 rings (SSSR count). The largest absolute Gasteiger partial charge is 0.495 e. The zero-order valence-corrected chi connectivity index (χ0v) is 15.9. The molecule has 0 fully saturated rings. The van der Waals surface area contributed by atoms with Crippen molar-refractivity contribution in [3.8, 4) is 11.5 Å². The van der Waals surface area contributed by atoms with E-state index in [1.807, 2.05) is 0 Å². The first-order valence-corrected chi connectivity index (χ1v) is 10.3. The molecule has 2 aromatic carbocycles. The molecule has 3 N–H and O–H groups in total. The van der Waals surface area contributed by atoms with Crippen molar-refractivity contribution in [2.75, 3.05) is 11.8 Å². The fraction of sp³-hybridized carbons (Fsp3) is 0.143. The number of benzene rings is 2. The van der Waals surface area contributed by atoms with Crippen molar-refractivity contribution in [3.63, 3.8) is 0 Å². The van der Waals surface area contributed by atoms with Gasteiger partial charge >= 0.3 is 6.61 Å². The fourth-order valence-corrected chi connectivity index (χ4v) is 4.11. The number of hydrogen-bond acceptors (Lipinski definition) is 6. The second kappa shape index (κ2) is 7.84. The summed E-state index contributed by atoms with van der Waals surface area (Å²) in [5.74, 6) is -0.469. The number of nitrogens with two attached hydrogens (primary N) is 1. The summed E-state index contributed by atoms with van der Waals surface area (Å²) in [6, 6.07) is 6.31. The summed E-state index contributed by atoms with van der Waals surface area (Å²) in [6.45, 7) is -3.13. The third-order valence-electron chi connectivity index (χ3n) is 3.15. The molecule has 0 unspecified atom stereocenters. The molecule has 0 atom stereocenters. The average molecular weight is 443 g/mol. The second-order valence-electron chi connectivity index (χ2n) is 4.99. The maximum absolute atomic E-state index is 12.4. The molecule has 2 aromatic rings. The van der Waals surface area contributed by atoms with Crippen molar-refractivity contribution < 1.29 is 35.1 Å². The topological polar surface area (TPSA) is 125 Å². The van der Waals surface area contributed by atoms with Crippen molar-refractivity contribution in [3.05, 3.63) is 41.4 Å². The number of methoxy groups -OCH3 is 1. The Morgan fingerprint density at radius 1 is 1.07 bits per heavy atom. The molecule has 0 heterocycles. The molecular formula is C14H13ClF2N2O6S2. The van der Waals surface area contributed by atoms with E-state index >= 15 is 0 Å². The average Bonchev–Trinajstić information content (AvgIpc) is 2.55. The van der Waals surface area contributed by atoms with E-state index < -0.39 is 37.3 Å². The maximum Gasteiger partial charge on any atom is 0.387 e. The lowest BCUT2D eigenvalue weighted by Crippen LogP contribution is -2.16. The molecule has 27 heavy (non-hydrogen) atoms. The summed E-state index contributed by atoms with van der Waals surface area (Å²) in [5, 5.41) is 4.73. The third kappa shape index (κ3) is 5.19. The van der Waals surface area contributed by atoms with Crippen molar-refractivity contribution in [2.24, 2.45) is 5.14 Å². The van der Waals surface area contributed by atoms with Gasteiger partial charge in [-0.1, -0.05) is 11.6 Å². The van der Waals surface area contributed by atoms with Crippen molar-refractivity contribution in [1.82, 2.24) is 0 Å². The monoisotopic (exact) mass is 442 g/mol. The van der Waals surface area contributed by atoms with Crippen molar-refractivity contribution >= 4 is 37.3 Å². The molecule has 0 bridgehead atoms. The summed E-state index contributed by atoms with van der Waals surface area (Å²) in [7, 11) is -7.18. The van der Waals surface area contributed by atoms with E-state index in [-0.39, 0.29) is 21.4 Å². The molecule has 0 saturated heterocycles. The molecule has 0 amide bonds. The first-order valence-electron chi connectivity index (χ1n) is 6.92. The highest BCUT2D eigenvalue weighted by Crippen LogP contribution is 2.31. The number of ether oxygens (including phenoxy) is 2. The van der Waals surface area contributed by atoms with Gasteiger partial charge < -0.3 is 9.47 Å². The zero-order chi connectivity index (χ0) is 20.4. The molecule has 0 radical (unpaired) electrons. The Kier molecular flexibility index (Phi) is 6.14. The summed E-state index contributed by atoms with van der Waals surface area (Å²) in [6.07, 6.45) is 0. The number of nitrogens with one attached hydrogen (secondary N) is 1. The predicted molar refractivity (Wildman–Crippen MR) is 93.3 cm³/mol. The number of anilines is 1. The minimum absolute atomic E-state index is 0.0722. The van der Waals surface area contributed by atoms with Gasteiger partial charge in [0.2, 0.25) is 10.0 Å². The zero-order valence-electron chi connectivity index (χ0n) is 13.5. The molecule has 0 aliphatic rings. The van der Waals surface area contributed by atoms with Crippen LogP contribution in [0.2, 0.25) is 5.02 Å². The summed E-state index contributed by atoms with van der Waals surface area (Å²) in [4.78, 5) is -0.786. The highest BCUT2D eigenvalue weighted by atomic mass is 35.5. The van der Waals surface area contributed by atoms with Gasteiger partial charge in [-0.3, -0.25) is 4.72 Å². The van der Waals surface area contributed by atoms with Crippen LogP contribution in [0.1, 0.15) is 0 Å². The molecular weight excluding hydrogens is 430 g/mol. The fourth-order valence-electron chi connectivity index (χ4n) is 2.02. The molecule has 0 aliphatic carbocycles. The Morgan fingerprint density at radius 2 is 1.70 bits per heavy atom. The van der Waals surface area contributed by atoms with Crippen LogP contribution in [0.3, 0.4) is 0 Å². The van der Waals surface area contributed by atoms with Crippen LogP contribution < -0.4 is 19.3 Å². The summed E-state index contributed by atoms with van der Waals surface area (Å²) < 4.78 is 83.7. The van der Waals surface area contributed by atoms with Crippen LogP contribution in [-0.2, 0) is 20.0 Å². The Balaban J connectivity index is 2.38. The van der Waals surface area contributed by atoms with Crippen molar-refractivity contribution in [1.29, 1.82) is 0 Å². The lowest BCUT2D eigenvalue weighted by atomic mass is 10.3. The van der Waals surface area contributed by atoms with Crippen LogP contribution in [-0.4, -0.2) is 30.6 Å². The molecule has 8 nitrogen and oxygen atoms in total. The van der Waals surface area contributed by atoms with E-state index in [2.05, 4.69) is 9.46 Å². The minimum atomic E-state index is -4.22. The quantitative estimate of drug-likeness (QED) is 0.678. The van der Waals surface area contributed by atoms with Crippen molar-refractivity contribution in [2.45, 2.75) is 16.4 Å². The second-order valence-corrected chi connectivity index (χ2v) is 8.61. The van der Waals surface area contributed by atoms with Crippen LogP contribution in [0, 0.1) is 0 Å². The lowest BCUT2D eigenvalue weighted by molar-refractivity contribution is -0.0498. The Morgan fingerprint density at radius 3 is 2.22 bits per heavy atom. The standard InChI is InChI=1S/C14H13ClF2N2O6S2/c1-24-12-4-2-8(6-13(12)26(18,20)21)19-27(22,23)9-3-5-11(10(15)7-9)25-14(16)17/h2-7,14,19H,1H3,(H2,18,20,21). The number of rotatable bonds is 7. The maximum atomic E-state index is 12.4. The molecule has 0 aromatic heterocycles. The van der Waals surface area contributed by atoms with Gasteiger partial charge in [-0.25, -0.2) is 22.0 Å². The van der Waals surface area contributed by atoms with Crippen LogP contribution in [0.4, 0.5) is 14.5 Å². The van der Waals surface area contributed by atoms with E-state index in [0.29, 0.717) is 0 Å². The summed E-state index contributed by atoms with van der Waals surface area (Å²) in [5.41, 5.74) is -0.121. The van der Waals surface area contributed by atoms with E-state index in [1.54, 1.807) is 0 Å². The molecule has 148 valence electrons. The van der Waals surface area contributed by atoms with Crippen LogP contribution in [0.15, 0.2) is 46.2 Å². The van der Waals surface area contributed by atoms with Gasteiger partial charge in [0.25, 0.3) is 10.0 Å². The molecule has 13 heteroatoms. The van der Waals surface area contributed by atoms with Crippen LogP contribution >= 0.6 is 11.6 Å². The molecule has 0 saturated carbocycles. The van der Waals surface area contributed by atoms with Crippen LogP contribution in [0.5, 0.6) is 11.5 Å². The number of primary sulfonamides is 1. The lowest BCUT2D eigenvalue weighted by Gasteiger charge is -2.13. The molecule has 0 spiro atoms. The smallest absolute Gasteiger partial charge is 0.387 e. The minimum Gasteiger partial charge on any atom is -0.495 e. The van der Waals surface area contributed by atoms with Gasteiger partial charge in [0.05, 0.1) is 22.7 Å². The first-order chi connectivity index (χ1) is 12.4. The van der Waals surface area contributed by atoms with Gasteiger partial charge in [-0.15, -0.1) is 0 Å². The SMILES string of the molecule is COc1ccc(NS(=O)(=O)c2ccc(OC(F)F)c(Cl)c2)cc1S(N)(=O)=O. The van der Waals surface area contributed by atoms with E-state index in [9.17, 15) is 25.6 Å².